The van der Waals surface area contributed by atoms with E-state index in [4.69, 9.17) is 9.97 Å². The molecular weight excluding hydrogens is 301 g/mol. The van der Waals surface area contributed by atoms with Gasteiger partial charge in [0.05, 0.1) is 17.1 Å². The van der Waals surface area contributed by atoms with E-state index in [1.807, 2.05) is 31.3 Å². The smallest absolute Gasteiger partial charge is 0.148 e. The molecule has 4 rings (SSSR count). The standard InChI is InChI=1S/C20H18FN3/c1-22-20-18(11-13-5-3-2-4-6-13)23-19-16-9-8-15(21)12-14(16)7-10-17(19)24-20/h2-6,8-9,12H,7,10-11H2,1H3,(H,22,24). The zero-order chi connectivity index (χ0) is 16.5. The van der Waals surface area contributed by atoms with Gasteiger partial charge < -0.3 is 5.32 Å². The second-order valence-electron chi connectivity index (χ2n) is 6.03. The van der Waals surface area contributed by atoms with E-state index in [1.54, 1.807) is 6.07 Å². The van der Waals surface area contributed by atoms with Gasteiger partial charge in [-0.3, -0.25) is 0 Å². The molecule has 1 aliphatic carbocycles. The lowest BCUT2D eigenvalue weighted by atomic mass is 9.91. The van der Waals surface area contributed by atoms with Crippen LogP contribution in [0, 0.1) is 5.82 Å². The Labute approximate surface area is 140 Å². The predicted molar refractivity (Wildman–Crippen MR) is 93.6 cm³/mol. The number of benzene rings is 2. The second-order valence-corrected chi connectivity index (χ2v) is 6.03. The maximum Gasteiger partial charge on any atom is 0.148 e. The molecule has 0 saturated heterocycles. The van der Waals surface area contributed by atoms with E-state index in [0.29, 0.717) is 6.42 Å². The van der Waals surface area contributed by atoms with Crippen molar-refractivity contribution in [2.45, 2.75) is 19.3 Å². The Balaban J connectivity index is 1.82. The van der Waals surface area contributed by atoms with Gasteiger partial charge in [-0.15, -0.1) is 0 Å². The van der Waals surface area contributed by atoms with Crippen LogP contribution in [0.4, 0.5) is 10.2 Å². The highest BCUT2D eigenvalue weighted by Crippen LogP contribution is 2.33. The topological polar surface area (TPSA) is 37.8 Å². The molecule has 1 heterocycles. The molecule has 3 nitrogen and oxygen atoms in total. The van der Waals surface area contributed by atoms with Crippen LogP contribution in [0.3, 0.4) is 0 Å². The van der Waals surface area contributed by atoms with Gasteiger partial charge in [0.1, 0.15) is 11.6 Å². The molecule has 2 aromatic carbocycles. The summed E-state index contributed by atoms with van der Waals surface area (Å²) in [4.78, 5) is 9.68. The van der Waals surface area contributed by atoms with E-state index in [-0.39, 0.29) is 5.82 Å². The van der Waals surface area contributed by atoms with Gasteiger partial charge >= 0.3 is 0 Å². The molecule has 0 radical (unpaired) electrons. The van der Waals surface area contributed by atoms with Crippen LogP contribution in [0.1, 0.15) is 22.5 Å². The summed E-state index contributed by atoms with van der Waals surface area (Å²) in [6, 6.07) is 15.2. The molecule has 0 unspecified atom stereocenters. The number of anilines is 1. The van der Waals surface area contributed by atoms with Crippen molar-refractivity contribution in [3.63, 3.8) is 0 Å². The van der Waals surface area contributed by atoms with Gasteiger partial charge in [-0.1, -0.05) is 30.3 Å². The summed E-state index contributed by atoms with van der Waals surface area (Å²) in [6.07, 6.45) is 2.31. The molecule has 24 heavy (non-hydrogen) atoms. The highest BCUT2D eigenvalue weighted by atomic mass is 19.1. The molecule has 0 fully saturated rings. The van der Waals surface area contributed by atoms with Crippen molar-refractivity contribution in [1.29, 1.82) is 0 Å². The monoisotopic (exact) mass is 319 g/mol. The average molecular weight is 319 g/mol. The van der Waals surface area contributed by atoms with Crippen molar-refractivity contribution in [3.8, 4) is 11.3 Å². The van der Waals surface area contributed by atoms with Crippen LogP contribution in [-0.2, 0) is 19.3 Å². The van der Waals surface area contributed by atoms with Crippen molar-refractivity contribution in [2.24, 2.45) is 0 Å². The van der Waals surface area contributed by atoms with Crippen LogP contribution in [0.25, 0.3) is 11.3 Å². The third kappa shape index (κ3) is 2.64. The van der Waals surface area contributed by atoms with Crippen LogP contribution in [-0.4, -0.2) is 17.0 Å². The average Bonchev–Trinajstić information content (AvgIpc) is 2.61. The van der Waals surface area contributed by atoms with Crippen molar-refractivity contribution in [3.05, 3.63) is 76.9 Å². The SMILES string of the molecule is CNc1nc2c(nc1Cc1ccccc1)-c1ccc(F)cc1CC2. The van der Waals surface area contributed by atoms with Crippen LogP contribution in [0.2, 0.25) is 0 Å². The van der Waals surface area contributed by atoms with Gasteiger partial charge in [0, 0.05) is 19.0 Å². The Hall–Kier alpha value is -2.75. The van der Waals surface area contributed by atoms with E-state index in [9.17, 15) is 4.39 Å². The minimum absolute atomic E-state index is 0.193. The molecule has 0 aliphatic heterocycles. The third-order valence-corrected chi connectivity index (χ3v) is 4.44. The summed E-state index contributed by atoms with van der Waals surface area (Å²) < 4.78 is 13.5. The lowest BCUT2D eigenvalue weighted by Crippen LogP contribution is -2.13. The normalized spacial score (nSPS) is 12.4. The van der Waals surface area contributed by atoms with E-state index >= 15 is 0 Å². The highest BCUT2D eigenvalue weighted by molar-refractivity contribution is 5.69. The van der Waals surface area contributed by atoms with Gasteiger partial charge in [-0.25, -0.2) is 14.4 Å². The molecule has 1 aliphatic rings. The largest absolute Gasteiger partial charge is 0.372 e. The number of hydrogen-bond donors (Lipinski definition) is 1. The molecule has 0 saturated carbocycles. The molecule has 4 heteroatoms. The molecule has 0 atom stereocenters. The van der Waals surface area contributed by atoms with Crippen molar-refractivity contribution >= 4 is 5.82 Å². The Morgan fingerprint density at radius 3 is 2.67 bits per heavy atom. The van der Waals surface area contributed by atoms with Crippen LogP contribution >= 0.6 is 0 Å². The van der Waals surface area contributed by atoms with Crippen molar-refractivity contribution in [2.75, 3.05) is 12.4 Å². The number of halogens is 1. The van der Waals surface area contributed by atoms with Crippen LogP contribution in [0.15, 0.2) is 48.5 Å². The number of aryl methyl sites for hydroxylation is 2. The molecular formula is C20H18FN3. The minimum atomic E-state index is -0.193. The highest BCUT2D eigenvalue weighted by Gasteiger charge is 2.21. The number of rotatable bonds is 3. The molecule has 3 aromatic rings. The number of nitrogens with zero attached hydrogens (tertiary/aromatic N) is 2. The zero-order valence-corrected chi connectivity index (χ0v) is 13.5. The van der Waals surface area contributed by atoms with Crippen molar-refractivity contribution in [1.82, 2.24) is 9.97 Å². The Morgan fingerprint density at radius 2 is 1.88 bits per heavy atom. The van der Waals surface area contributed by atoms with Gasteiger partial charge in [0.25, 0.3) is 0 Å². The molecule has 0 bridgehead atoms. The summed E-state index contributed by atoms with van der Waals surface area (Å²) in [5.74, 6) is 0.629. The first kappa shape index (κ1) is 14.8. The summed E-state index contributed by atoms with van der Waals surface area (Å²) in [5, 5.41) is 3.17. The minimum Gasteiger partial charge on any atom is -0.372 e. The first-order chi connectivity index (χ1) is 11.7. The fraction of sp³-hybridized carbons (Fsp3) is 0.200. The number of nitrogens with one attached hydrogen (secondary N) is 1. The Morgan fingerprint density at radius 1 is 1.04 bits per heavy atom. The first-order valence-corrected chi connectivity index (χ1v) is 8.15. The molecule has 0 amide bonds. The van der Waals surface area contributed by atoms with E-state index < -0.39 is 0 Å². The quantitative estimate of drug-likeness (QED) is 0.792. The number of aromatic nitrogens is 2. The Kier molecular flexibility index (Phi) is 3.73. The summed E-state index contributed by atoms with van der Waals surface area (Å²) >= 11 is 0. The zero-order valence-electron chi connectivity index (χ0n) is 13.5. The molecule has 1 aromatic heterocycles. The summed E-state index contributed by atoms with van der Waals surface area (Å²) in [6.45, 7) is 0. The molecule has 120 valence electrons. The van der Waals surface area contributed by atoms with Crippen LogP contribution in [0.5, 0.6) is 0 Å². The predicted octanol–water partition coefficient (Wildman–Crippen LogP) is 4.01. The van der Waals surface area contributed by atoms with Gasteiger partial charge in [0.15, 0.2) is 0 Å². The van der Waals surface area contributed by atoms with E-state index in [0.717, 1.165) is 46.9 Å². The summed E-state index contributed by atoms with van der Waals surface area (Å²) in [5.41, 5.74) is 6.00. The lowest BCUT2D eigenvalue weighted by Gasteiger charge is -2.20. The summed E-state index contributed by atoms with van der Waals surface area (Å²) in [7, 11) is 1.87. The van der Waals surface area contributed by atoms with E-state index in [1.165, 1.54) is 11.6 Å². The third-order valence-electron chi connectivity index (χ3n) is 4.44. The fourth-order valence-corrected chi connectivity index (χ4v) is 3.26. The second kappa shape index (κ2) is 6.04. The van der Waals surface area contributed by atoms with Crippen LogP contribution < -0.4 is 5.32 Å². The number of fused-ring (bicyclic) bond motifs is 3. The van der Waals surface area contributed by atoms with E-state index in [2.05, 4.69) is 17.4 Å². The van der Waals surface area contributed by atoms with Crippen molar-refractivity contribution < 1.29 is 4.39 Å². The maximum atomic E-state index is 13.5. The maximum absolute atomic E-state index is 13.5. The Bertz CT molecular complexity index is 891. The molecule has 0 spiro atoms. The van der Waals surface area contributed by atoms with Gasteiger partial charge in [-0.05, 0) is 42.2 Å². The number of hydrogen-bond acceptors (Lipinski definition) is 3. The lowest BCUT2D eigenvalue weighted by molar-refractivity contribution is 0.624. The first-order valence-electron chi connectivity index (χ1n) is 8.15. The van der Waals surface area contributed by atoms with Gasteiger partial charge in [-0.2, -0.15) is 0 Å². The fourth-order valence-electron chi connectivity index (χ4n) is 3.26. The van der Waals surface area contributed by atoms with Gasteiger partial charge in [0.2, 0.25) is 0 Å². The molecule has 1 N–H and O–H groups in total.